The van der Waals surface area contributed by atoms with Gasteiger partial charge in [0, 0.05) is 15.7 Å². The van der Waals surface area contributed by atoms with Gasteiger partial charge in [-0.3, -0.25) is 0 Å². The molecular weight excluding hydrogens is 323 g/mol. The highest BCUT2D eigenvalue weighted by Gasteiger charge is 2.04. The molecule has 0 aromatic heterocycles. The van der Waals surface area contributed by atoms with E-state index in [4.69, 9.17) is 27.9 Å². The lowest BCUT2D eigenvalue weighted by atomic mass is 10.1. The Kier molecular flexibility index (Phi) is 5.52. The summed E-state index contributed by atoms with van der Waals surface area (Å²) in [5, 5.41) is 6.13. The standard InChI is InChI=1S/C16H16Cl2N2O2/c1-10-3-4-15(5-11(10)2)22-9-19-16(21)20-14-7-12(17)6-13(18)8-14/h3-8H,9H2,1-2H3,(H2,19,20,21). The van der Waals surface area contributed by atoms with E-state index in [1.807, 2.05) is 32.0 Å². The van der Waals surface area contributed by atoms with Crippen LogP contribution in [0.5, 0.6) is 5.75 Å². The molecule has 0 saturated heterocycles. The Hall–Kier alpha value is -1.91. The van der Waals surface area contributed by atoms with Gasteiger partial charge in [-0.05, 0) is 55.3 Å². The number of hydrogen-bond donors (Lipinski definition) is 2. The highest BCUT2D eigenvalue weighted by molar-refractivity contribution is 6.35. The summed E-state index contributed by atoms with van der Waals surface area (Å²) in [6, 6.07) is 10.2. The minimum Gasteiger partial charge on any atom is -0.473 e. The summed E-state index contributed by atoms with van der Waals surface area (Å²) in [4.78, 5) is 11.8. The van der Waals surface area contributed by atoms with E-state index in [0.717, 1.165) is 5.56 Å². The van der Waals surface area contributed by atoms with Gasteiger partial charge in [-0.15, -0.1) is 0 Å². The van der Waals surface area contributed by atoms with Crippen LogP contribution in [0.4, 0.5) is 10.5 Å². The van der Waals surface area contributed by atoms with Gasteiger partial charge in [0.15, 0.2) is 6.73 Å². The van der Waals surface area contributed by atoms with Gasteiger partial charge in [0.1, 0.15) is 5.75 Å². The van der Waals surface area contributed by atoms with Crippen LogP contribution in [-0.2, 0) is 0 Å². The summed E-state index contributed by atoms with van der Waals surface area (Å²) >= 11 is 11.7. The van der Waals surface area contributed by atoms with E-state index in [9.17, 15) is 4.79 Å². The fourth-order valence-corrected chi connectivity index (χ4v) is 2.32. The van der Waals surface area contributed by atoms with Crippen LogP contribution in [0.15, 0.2) is 36.4 Å². The monoisotopic (exact) mass is 338 g/mol. The smallest absolute Gasteiger partial charge is 0.321 e. The molecule has 0 bridgehead atoms. The number of aryl methyl sites for hydroxylation is 2. The molecule has 0 aliphatic carbocycles. The highest BCUT2D eigenvalue weighted by Crippen LogP contribution is 2.22. The molecule has 4 nitrogen and oxygen atoms in total. The summed E-state index contributed by atoms with van der Waals surface area (Å²) in [6.45, 7) is 4.09. The van der Waals surface area contributed by atoms with Crippen molar-refractivity contribution in [3.8, 4) is 5.75 Å². The van der Waals surface area contributed by atoms with Crippen molar-refractivity contribution in [3.05, 3.63) is 57.6 Å². The van der Waals surface area contributed by atoms with Gasteiger partial charge in [-0.1, -0.05) is 29.3 Å². The number of amides is 2. The molecule has 2 amide bonds. The maximum Gasteiger partial charge on any atom is 0.321 e. The molecule has 0 aliphatic rings. The Bertz CT molecular complexity index is 670. The molecule has 0 aliphatic heterocycles. The lowest BCUT2D eigenvalue weighted by Gasteiger charge is -2.11. The van der Waals surface area contributed by atoms with E-state index in [-0.39, 0.29) is 6.73 Å². The van der Waals surface area contributed by atoms with Crippen LogP contribution in [0.25, 0.3) is 0 Å². The highest BCUT2D eigenvalue weighted by atomic mass is 35.5. The van der Waals surface area contributed by atoms with Crippen LogP contribution < -0.4 is 15.4 Å². The van der Waals surface area contributed by atoms with Gasteiger partial charge in [-0.2, -0.15) is 0 Å². The first-order chi connectivity index (χ1) is 10.4. The molecule has 0 fully saturated rings. The Balaban J connectivity index is 1.83. The zero-order chi connectivity index (χ0) is 16.1. The van der Waals surface area contributed by atoms with Gasteiger partial charge in [0.2, 0.25) is 0 Å². The van der Waals surface area contributed by atoms with Gasteiger partial charge >= 0.3 is 6.03 Å². The third kappa shape index (κ3) is 4.83. The van der Waals surface area contributed by atoms with Crippen molar-refractivity contribution in [2.45, 2.75) is 13.8 Å². The fourth-order valence-electron chi connectivity index (χ4n) is 1.79. The number of anilines is 1. The SMILES string of the molecule is Cc1ccc(OCNC(=O)Nc2cc(Cl)cc(Cl)c2)cc1C. The number of hydrogen-bond acceptors (Lipinski definition) is 2. The quantitative estimate of drug-likeness (QED) is 0.789. The average molecular weight is 339 g/mol. The van der Waals surface area contributed by atoms with Gasteiger partial charge < -0.3 is 15.4 Å². The maximum atomic E-state index is 11.8. The van der Waals surface area contributed by atoms with Gasteiger partial charge in [0.25, 0.3) is 0 Å². The minimum absolute atomic E-state index is 0.0582. The molecule has 0 atom stereocenters. The molecule has 22 heavy (non-hydrogen) atoms. The molecule has 0 saturated carbocycles. The lowest BCUT2D eigenvalue weighted by molar-refractivity contribution is 0.234. The van der Waals surface area contributed by atoms with E-state index >= 15 is 0 Å². The molecule has 2 aromatic carbocycles. The number of carbonyl (C=O) groups excluding carboxylic acids is 1. The Morgan fingerprint density at radius 2 is 1.73 bits per heavy atom. The Labute approximate surface area is 139 Å². The number of rotatable bonds is 4. The largest absolute Gasteiger partial charge is 0.473 e. The van der Waals surface area contributed by atoms with Crippen molar-refractivity contribution >= 4 is 34.9 Å². The van der Waals surface area contributed by atoms with Crippen molar-refractivity contribution in [1.82, 2.24) is 5.32 Å². The maximum absolute atomic E-state index is 11.8. The van der Waals surface area contributed by atoms with Crippen molar-refractivity contribution in [2.24, 2.45) is 0 Å². The second kappa shape index (κ2) is 7.38. The van der Waals surface area contributed by atoms with Crippen LogP contribution in [0, 0.1) is 13.8 Å². The second-order valence-corrected chi connectivity index (χ2v) is 5.70. The van der Waals surface area contributed by atoms with Crippen LogP contribution in [0.3, 0.4) is 0 Å². The fraction of sp³-hybridized carbons (Fsp3) is 0.188. The number of urea groups is 1. The molecule has 116 valence electrons. The first-order valence-electron chi connectivity index (χ1n) is 6.65. The van der Waals surface area contributed by atoms with Crippen LogP contribution in [0.1, 0.15) is 11.1 Å². The third-order valence-corrected chi connectivity index (χ3v) is 3.51. The first kappa shape index (κ1) is 16.5. The van der Waals surface area contributed by atoms with Gasteiger partial charge in [0.05, 0.1) is 0 Å². The zero-order valence-corrected chi connectivity index (χ0v) is 13.8. The predicted octanol–water partition coefficient (Wildman–Crippen LogP) is 4.77. The van der Waals surface area contributed by atoms with E-state index in [0.29, 0.717) is 21.5 Å². The van der Waals surface area contributed by atoms with Crippen molar-refractivity contribution in [3.63, 3.8) is 0 Å². The van der Waals surface area contributed by atoms with Crippen LogP contribution >= 0.6 is 23.2 Å². The van der Waals surface area contributed by atoms with E-state index < -0.39 is 6.03 Å². The van der Waals surface area contributed by atoms with E-state index in [1.165, 1.54) is 5.56 Å². The van der Waals surface area contributed by atoms with Crippen molar-refractivity contribution in [2.75, 3.05) is 12.0 Å². The summed E-state index contributed by atoms with van der Waals surface area (Å²) in [5.74, 6) is 0.703. The molecule has 2 aromatic rings. The summed E-state index contributed by atoms with van der Waals surface area (Å²) in [6.07, 6.45) is 0. The topological polar surface area (TPSA) is 50.4 Å². The number of carbonyl (C=O) groups is 1. The van der Waals surface area contributed by atoms with Gasteiger partial charge in [-0.25, -0.2) is 4.79 Å². The lowest BCUT2D eigenvalue weighted by Crippen LogP contribution is -2.32. The molecular formula is C16H16Cl2N2O2. The zero-order valence-electron chi connectivity index (χ0n) is 12.2. The number of halogens is 2. The number of benzene rings is 2. The van der Waals surface area contributed by atoms with E-state index in [2.05, 4.69) is 10.6 Å². The molecule has 2 rings (SSSR count). The molecule has 0 heterocycles. The first-order valence-corrected chi connectivity index (χ1v) is 7.40. The normalized spacial score (nSPS) is 10.2. The minimum atomic E-state index is -0.401. The molecule has 6 heteroatoms. The second-order valence-electron chi connectivity index (χ2n) is 4.82. The van der Waals surface area contributed by atoms with E-state index in [1.54, 1.807) is 18.2 Å². The summed E-state index contributed by atoms with van der Waals surface area (Å²) in [7, 11) is 0. The van der Waals surface area contributed by atoms with Crippen molar-refractivity contribution in [1.29, 1.82) is 0 Å². The molecule has 0 spiro atoms. The Morgan fingerprint density at radius 1 is 1.05 bits per heavy atom. The molecule has 2 N–H and O–H groups in total. The average Bonchev–Trinajstić information content (AvgIpc) is 2.41. The molecule has 0 unspecified atom stereocenters. The Morgan fingerprint density at radius 3 is 2.36 bits per heavy atom. The summed E-state index contributed by atoms with van der Waals surface area (Å²) < 4.78 is 5.47. The third-order valence-electron chi connectivity index (χ3n) is 3.07. The van der Waals surface area contributed by atoms with Crippen LogP contribution in [-0.4, -0.2) is 12.8 Å². The van der Waals surface area contributed by atoms with Crippen LogP contribution in [0.2, 0.25) is 10.0 Å². The number of nitrogens with one attached hydrogen (secondary N) is 2. The number of ether oxygens (including phenoxy) is 1. The summed E-state index contributed by atoms with van der Waals surface area (Å²) in [5.41, 5.74) is 2.84. The van der Waals surface area contributed by atoms with Crippen molar-refractivity contribution < 1.29 is 9.53 Å². The predicted molar refractivity (Wildman–Crippen MR) is 90.0 cm³/mol. The molecule has 0 radical (unpaired) electrons.